The molecule has 0 heterocycles. The number of hydrogen-bond donors (Lipinski definition) is 2. The first-order valence-electron chi connectivity index (χ1n) is 4.35. The van der Waals surface area contributed by atoms with Crippen LogP contribution in [-0.2, 0) is 4.79 Å². The topological polar surface area (TPSA) is 63.3 Å². The van der Waals surface area contributed by atoms with Crippen LogP contribution in [0.4, 0.5) is 0 Å². The Bertz CT molecular complexity index is 370. The van der Waals surface area contributed by atoms with Crippen LogP contribution in [0.15, 0.2) is 23.1 Å². The molecule has 5 heteroatoms. The molecule has 0 aliphatic rings. The first-order valence-corrected chi connectivity index (χ1v) is 5.95. The van der Waals surface area contributed by atoms with E-state index in [1.165, 1.54) is 0 Å². The van der Waals surface area contributed by atoms with Crippen LogP contribution in [0.25, 0.3) is 0 Å². The lowest BCUT2D eigenvalue weighted by atomic mass is 10.1. The van der Waals surface area contributed by atoms with Crippen LogP contribution >= 0.6 is 23.4 Å². The van der Waals surface area contributed by atoms with Crippen LogP contribution in [0.5, 0.6) is 0 Å². The van der Waals surface area contributed by atoms with E-state index in [0.717, 1.165) is 10.5 Å². The van der Waals surface area contributed by atoms with Crippen LogP contribution in [-0.4, -0.2) is 17.3 Å². The maximum Gasteiger partial charge on any atom is 0.305 e. The van der Waals surface area contributed by atoms with Crippen LogP contribution in [0, 0.1) is 0 Å². The summed E-state index contributed by atoms with van der Waals surface area (Å²) in [6.07, 6.45) is 1.84. The van der Waals surface area contributed by atoms with E-state index >= 15 is 0 Å². The highest BCUT2D eigenvalue weighted by Crippen LogP contribution is 2.28. The van der Waals surface area contributed by atoms with E-state index < -0.39 is 12.0 Å². The molecule has 1 aromatic rings. The van der Waals surface area contributed by atoms with Gasteiger partial charge in [0.25, 0.3) is 0 Å². The lowest BCUT2D eigenvalue weighted by molar-refractivity contribution is -0.137. The average Bonchev–Trinajstić information content (AvgIpc) is 2.16. The molecule has 0 fully saturated rings. The van der Waals surface area contributed by atoms with Gasteiger partial charge in [-0.3, -0.25) is 4.79 Å². The van der Waals surface area contributed by atoms with Crippen molar-refractivity contribution in [1.82, 2.24) is 0 Å². The summed E-state index contributed by atoms with van der Waals surface area (Å²) in [6.45, 7) is 0. The molecule has 0 saturated carbocycles. The standard InChI is InChI=1S/C10H12ClNO2S/c1-15-9-3-2-6(4-7(9)11)8(12)5-10(13)14/h2-4,8H,5,12H2,1H3,(H,13,14). The van der Waals surface area contributed by atoms with Gasteiger partial charge in [0.15, 0.2) is 0 Å². The summed E-state index contributed by atoms with van der Waals surface area (Å²) in [5.74, 6) is -0.910. The fourth-order valence-corrected chi connectivity index (χ4v) is 2.10. The zero-order valence-electron chi connectivity index (χ0n) is 8.24. The SMILES string of the molecule is CSc1ccc(C(N)CC(=O)O)cc1Cl. The molecule has 0 aliphatic carbocycles. The Morgan fingerprint density at radius 1 is 1.67 bits per heavy atom. The van der Waals surface area contributed by atoms with Crippen molar-refractivity contribution in [3.63, 3.8) is 0 Å². The number of carboxylic acids is 1. The number of nitrogens with two attached hydrogens (primary N) is 1. The molecule has 1 unspecified atom stereocenters. The molecule has 1 aromatic carbocycles. The van der Waals surface area contributed by atoms with E-state index in [-0.39, 0.29) is 6.42 Å². The van der Waals surface area contributed by atoms with Gasteiger partial charge in [-0.25, -0.2) is 0 Å². The van der Waals surface area contributed by atoms with E-state index in [1.54, 1.807) is 17.8 Å². The molecule has 1 rings (SSSR count). The maximum atomic E-state index is 10.5. The molecular formula is C10H12ClNO2S. The Labute approximate surface area is 97.6 Å². The van der Waals surface area contributed by atoms with E-state index in [9.17, 15) is 4.79 Å². The summed E-state index contributed by atoms with van der Waals surface area (Å²) >= 11 is 7.53. The summed E-state index contributed by atoms with van der Waals surface area (Å²) in [5.41, 5.74) is 6.46. The maximum absolute atomic E-state index is 10.5. The van der Waals surface area contributed by atoms with E-state index in [0.29, 0.717) is 5.02 Å². The molecule has 0 saturated heterocycles. The third-order valence-electron chi connectivity index (χ3n) is 2.00. The number of aliphatic carboxylic acids is 1. The predicted molar refractivity (Wildman–Crippen MR) is 62.4 cm³/mol. The van der Waals surface area contributed by atoms with E-state index in [4.69, 9.17) is 22.4 Å². The largest absolute Gasteiger partial charge is 0.481 e. The molecule has 0 amide bonds. The summed E-state index contributed by atoms with van der Waals surface area (Å²) in [5, 5.41) is 9.21. The monoisotopic (exact) mass is 245 g/mol. The minimum atomic E-state index is -0.910. The minimum Gasteiger partial charge on any atom is -0.481 e. The molecular weight excluding hydrogens is 234 g/mol. The van der Waals surface area contributed by atoms with Crippen molar-refractivity contribution in [1.29, 1.82) is 0 Å². The first-order chi connectivity index (χ1) is 7.04. The highest BCUT2D eigenvalue weighted by molar-refractivity contribution is 7.98. The first kappa shape index (κ1) is 12.4. The fraction of sp³-hybridized carbons (Fsp3) is 0.300. The highest BCUT2D eigenvalue weighted by Gasteiger charge is 2.11. The van der Waals surface area contributed by atoms with E-state index in [2.05, 4.69) is 0 Å². The van der Waals surface area contributed by atoms with Gasteiger partial charge in [0.2, 0.25) is 0 Å². The van der Waals surface area contributed by atoms with Crippen LogP contribution in [0.2, 0.25) is 5.02 Å². The Morgan fingerprint density at radius 2 is 2.33 bits per heavy atom. The Balaban J connectivity index is 2.87. The smallest absolute Gasteiger partial charge is 0.305 e. The quantitative estimate of drug-likeness (QED) is 0.801. The van der Waals surface area contributed by atoms with Crippen LogP contribution in [0.1, 0.15) is 18.0 Å². The fourth-order valence-electron chi connectivity index (χ4n) is 1.22. The molecule has 0 aliphatic heterocycles. The Kier molecular flexibility index (Phi) is 4.45. The number of thioether (sulfide) groups is 1. The molecule has 0 aromatic heterocycles. The molecule has 0 bridgehead atoms. The second-order valence-corrected chi connectivity index (χ2v) is 4.35. The number of rotatable bonds is 4. The van der Waals surface area contributed by atoms with Crippen molar-refractivity contribution in [2.75, 3.05) is 6.26 Å². The van der Waals surface area contributed by atoms with Crippen molar-refractivity contribution in [2.45, 2.75) is 17.4 Å². The normalized spacial score (nSPS) is 12.5. The van der Waals surface area contributed by atoms with Gasteiger partial charge < -0.3 is 10.8 Å². The molecule has 1 atom stereocenters. The Hall–Kier alpha value is -0.710. The molecule has 82 valence electrons. The zero-order valence-corrected chi connectivity index (χ0v) is 9.81. The van der Waals surface area contributed by atoms with Gasteiger partial charge in [-0.15, -0.1) is 11.8 Å². The molecule has 3 nitrogen and oxygen atoms in total. The van der Waals surface area contributed by atoms with Gasteiger partial charge in [0.05, 0.1) is 11.4 Å². The van der Waals surface area contributed by atoms with Gasteiger partial charge in [-0.1, -0.05) is 17.7 Å². The van der Waals surface area contributed by atoms with Gasteiger partial charge in [-0.2, -0.15) is 0 Å². The lowest BCUT2D eigenvalue weighted by Crippen LogP contribution is -2.14. The average molecular weight is 246 g/mol. The van der Waals surface area contributed by atoms with Crippen LogP contribution in [0.3, 0.4) is 0 Å². The Morgan fingerprint density at radius 3 is 2.80 bits per heavy atom. The number of benzene rings is 1. The predicted octanol–water partition coefficient (Wildman–Crippen LogP) is 2.54. The van der Waals surface area contributed by atoms with Crippen molar-refractivity contribution >= 4 is 29.3 Å². The highest BCUT2D eigenvalue weighted by atomic mass is 35.5. The number of hydrogen-bond acceptors (Lipinski definition) is 3. The summed E-state index contributed by atoms with van der Waals surface area (Å²) in [7, 11) is 0. The van der Waals surface area contributed by atoms with Gasteiger partial charge in [-0.05, 0) is 24.0 Å². The van der Waals surface area contributed by atoms with Gasteiger partial charge in [0, 0.05) is 10.9 Å². The second-order valence-electron chi connectivity index (χ2n) is 3.10. The zero-order chi connectivity index (χ0) is 11.4. The van der Waals surface area contributed by atoms with E-state index in [1.807, 2.05) is 18.4 Å². The molecule has 0 spiro atoms. The van der Waals surface area contributed by atoms with Crippen molar-refractivity contribution in [2.24, 2.45) is 5.73 Å². The molecule has 15 heavy (non-hydrogen) atoms. The van der Waals surface area contributed by atoms with Gasteiger partial charge >= 0.3 is 5.97 Å². The number of halogens is 1. The van der Waals surface area contributed by atoms with Crippen LogP contribution < -0.4 is 5.73 Å². The van der Waals surface area contributed by atoms with Crippen molar-refractivity contribution < 1.29 is 9.90 Å². The summed E-state index contributed by atoms with van der Waals surface area (Å²) in [6, 6.07) is 4.88. The third-order valence-corrected chi connectivity index (χ3v) is 3.22. The number of carboxylic acid groups (broad SMARTS) is 1. The molecule has 3 N–H and O–H groups in total. The summed E-state index contributed by atoms with van der Waals surface area (Å²) < 4.78 is 0. The third kappa shape index (κ3) is 3.41. The van der Waals surface area contributed by atoms with Gasteiger partial charge in [0.1, 0.15) is 0 Å². The lowest BCUT2D eigenvalue weighted by Gasteiger charge is -2.10. The summed E-state index contributed by atoms with van der Waals surface area (Å²) in [4.78, 5) is 11.4. The minimum absolute atomic E-state index is 0.0883. The number of carbonyl (C=O) groups is 1. The molecule has 0 radical (unpaired) electrons. The van der Waals surface area contributed by atoms with Crippen molar-refractivity contribution in [3.05, 3.63) is 28.8 Å². The second kappa shape index (κ2) is 5.39. The van der Waals surface area contributed by atoms with Crippen molar-refractivity contribution in [3.8, 4) is 0 Å².